The van der Waals surface area contributed by atoms with Gasteiger partial charge < -0.3 is 20.1 Å². The van der Waals surface area contributed by atoms with Gasteiger partial charge in [0.25, 0.3) is 11.8 Å². The number of amides is 2. The predicted molar refractivity (Wildman–Crippen MR) is 105 cm³/mol. The molecule has 0 saturated carbocycles. The normalized spacial score (nSPS) is 12.4. The Kier molecular flexibility index (Phi) is 4.68. The van der Waals surface area contributed by atoms with E-state index in [-0.39, 0.29) is 11.8 Å². The van der Waals surface area contributed by atoms with Crippen molar-refractivity contribution in [3.63, 3.8) is 0 Å². The number of rotatable bonds is 3. The zero-order chi connectivity index (χ0) is 19.5. The second-order valence-electron chi connectivity index (χ2n) is 6.29. The number of para-hydroxylation sites is 1. The van der Waals surface area contributed by atoms with E-state index >= 15 is 0 Å². The van der Waals surface area contributed by atoms with Gasteiger partial charge >= 0.3 is 0 Å². The van der Waals surface area contributed by atoms with Crippen molar-refractivity contribution in [1.29, 1.82) is 0 Å². The molecule has 0 aromatic heterocycles. The van der Waals surface area contributed by atoms with Crippen molar-refractivity contribution in [1.82, 2.24) is 5.32 Å². The summed E-state index contributed by atoms with van der Waals surface area (Å²) >= 11 is 0. The summed E-state index contributed by atoms with van der Waals surface area (Å²) in [6.45, 7) is 0.372. The Balaban J connectivity index is 1.59. The molecule has 0 aliphatic carbocycles. The van der Waals surface area contributed by atoms with Gasteiger partial charge in [0.05, 0.1) is 12.7 Å². The second-order valence-corrected chi connectivity index (χ2v) is 6.29. The summed E-state index contributed by atoms with van der Waals surface area (Å²) in [5.74, 6) is 1.27. The lowest BCUT2D eigenvalue weighted by atomic mass is 10.1. The molecule has 0 bridgehead atoms. The molecule has 0 unspecified atom stereocenters. The summed E-state index contributed by atoms with van der Waals surface area (Å²) in [5.41, 5.74) is 2.26. The van der Waals surface area contributed by atoms with E-state index in [0.29, 0.717) is 40.6 Å². The number of ether oxygens (including phenoxy) is 2. The van der Waals surface area contributed by atoms with E-state index < -0.39 is 0 Å². The van der Waals surface area contributed by atoms with E-state index in [1.807, 2.05) is 24.3 Å². The molecule has 0 fully saturated rings. The van der Waals surface area contributed by atoms with Crippen molar-refractivity contribution in [2.24, 2.45) is 0 Å². The highest BCUT2D eigenvalue weighted by Crippen LogP contribution is 2.32. The van der Waals surface area contributed by atoms with Crippen LogP contribution in [0.25, 0.3) is 0 Å². The molecule has 3 aromatic carbocycles. The highest BCUT2D eigenvalue weighted by molar-refractivity contribution is 6.05. The maximum Gasteiger partial charge on any atom is 0.255 e. The van der Waals surface area contributed by atoms with Crippen LogP contribution in [0.4, 0.5) is 5.69 Å². The summed E-state index contributed by atoms with van der Waals surface area (Å²) in [4.78, 5) is 25.0. The lowest BCUT2D eigenvalue weighted by Crippen LogP contribution is -2.25. The van der Waals surface area contributed by atoms with Gasteiger partial charge in [0.1, 0.15) is 17.2 Å². The Bertz CT molecular complexity index is 1040. The van der Waals surface area contributed by atoms with Gasteiger partial charge in [0, 0.05) is 23.4 Å². The van der Waals surface area contributed by atoms with Gasteiger partial charge in [-0.2, -0.15) is 0 Å². The van der Waals surface area contributed by atoms with Crippen LogP contribution in [0.2, 0.25) is 0 Å². The zero-order valence-corrected chi connectivity index (χ0v) is 15.2. The SMILES string of the molecule is COc1ccc(C(=O)Nc2ccc3c(c2)C(=O)NCc2ccccc2O3)cc1. The molecule has 1 aliphatic rings. The minimum atomic E-state index is -0.278. The van der Waals surface area contributed by atoms with Crippen LogP contribution >= 0.6 is 0 Å². The van der Waals surface area contributed by atoms with Crippen LogP contribution < -0.4 is 20.1 Å². The zero-order valence-electron chi connectivity index (χ0n) is 15.2. The number of benzene rings is 3. The lowest BCUT2D eigenvalue weighted by molar-refractivity contribution is 0.0944. The Morgan fingerprint density at radius 1 is 1.04 bits per heavy atom. The van der Waals surface area contributed by atoms with Crippen LogP contribution in [0, 0.1) is 0 Å². The van der Waals surface area contributed by atoms with Crippen molar-refractivity contribution >= 4 is 17.5 Å². The van der Waals surface area contributed by atoms with Crippen LogP contribution in [0.15, 0.2) is 66.7 Å². The van der Waals surface area contributed by atoms with Crippen molar-refractivity contribution in [3.05, 3.63) is 83.4 Å². The average molecular weight is 374 g/mol. The molecule has 0 radical (unpaired) electrons. The summed E-state index contributed by atoms with van der Waals surface area (Å²) in [7, 11) is 1.57. The maximum atomic E-state index is 12.5. The number of nitrogens with one attached hydrogen (secondary N) is 2. The van der Waals surface area contributed by atoms with Gasteiger partial charge in [-0.25, -0.2) is 0 Å². The molecule has 6 nitrogen and oxygen atoms in total. The van der Waals surface area contributed by atoms with Crippen LogP contribution in [-0.2, 0) is 6.54 Å². The average Bonchev–Trinajstić information content (AvgIpc) is 2.73. The van der Waals surface area contributed by atoms with E-state index in [2.05, 4.69) is 10.6 Å². The highest BCUT2D eigenvalue weighted by atomic mass is 16.5. The molecule has 0 saturated heterocycles. The van der Waals surface area contributed by atoms with Crippen LogP contribution in [0.1, 0.15) is 26.3 Å². The number of methoxy groups -OCH3 is 1. The van der Waals surface area contributed by atoms with E-state index in [4.69, 9.17) is 9.47 Å². The molecular formula is C22H18N2O4. The molecule has 0 spiro atoms. The van der Waals surface area contributed by atoms with Gasteiger partial charge in [-0.15, -0.1) is 0 Å². The number of carbonyl (C=O) groups is 2. The lowest BCUT2D eigenvalue weighted by Gasteiger charge is -2.19. The van der Waals surface area contributed by atoms with Crippen molar-refractivity contribution in [2.45, 2.75) is 6.54 Å². The van der Waals surface area contributed by atoms with Crippen molar-refractivity contribution < 1.29 is 19.1 Å². The predicted octanol–water partition coefficient (Wildman–Crippen LogP) is 3.98. The molecule has 6 heteroatoms. The monoisotopic (exact) mass is 374 g/mol. The van der Waals surface area contributed by atoms with Gasteiger partial charge in [0.15, 0.2) is 0 Å². The minimum absolute atomic E-state index is 0.259. The van der Waals surface area contributed by atoms with Crippen molar-refractivity contribution in [3.8, 4) is 17.2 Å². The fourth-order valence-corrected chi connectivity index (χ4v) is 2.96. The first-order valence-corrected chi connectivity index (χ1v) is 8.77. The van der Waals surface area contributed by atoms with Crippen LogP contribution in [0.3, 0.4) is 0 Å². The Morgan fingerprint density at radius 2 is 1.82 bits per heavy atom. The van der Waals surface area contributed by atoms with Gasteiger partial charge in [-0.1, -0.05) is 18.2 Å². The van der Waals surface area contributed by atoms with E-state index in [0.717, 1.165) is 5.56 Å². The minimum Gasteiger partial charge on any atom is -0.497 e. The van der Waals surface area contributed by atoms with Gasteiger partial charge in [0.2, 0.25) is 0 Å². The third kappa shape index (κ3) is 3.53. The molecule has 2 N–H and O–H groups in total. The third-order valence-corrected chi connectivity index (χ3v) is 4.47. The largest absolute Gasteiger partial charge is 0.497 e. The first kappa shape index (κ1) is 17.6. The molecule has 2 amide bonds. The summed E-state index contributed by atoms with van der Waals surface area (Å²) in [5, 5.41) is 5.68. The maximum absolute atomic E-state index is 12.5. The van der Waals surface area contributed by atoms with E-state index in [1.165, 1.54) is 0 Å². The van der Waals surface area contributed by atoms with E-state index in [1.54, 1.807) is 49.6 Å². The van der Waals surface area contributed by atoms with E-state index in [9.17, 15) is 9.59 Å². The topological polar surface area (TPSA) is 76.7 Å². The highest BCUT2D eigenvalue weighted by Gasteiger charge is 2.19. The molecule has 28 heavy (non-hydrogen) atoms. The first-order valence-electron chi connectivity index (χ1n) is 8.77. The van der Waals surface area contributed by atoms with Crippen molar-refractivity contribution in [2.75, 3.05) is 12.4 Å². The third-order valence-electron chi connectivity index (χ3n) is 4.47. The number of anilines is 1. The van der Waals surface area contributed by atoms with Crippen LogP contribution in [-0.4, -0.2) is 18.9 Å². The number of hydrogen-bond donors (Lipinski definition) is 2. The fraction of sp³-hybridized carbons (Fsp3) is 0.0909. The first-order chi connectivity index (χ1) is 13.6. The molecule has 0 atom stereocenters. The van der Waals surface area contributed by atoms with Gasteiger partial charge in [-0.3, -0.25) is 9.59 Å². The summed E-state index contributed by atoms with van der Waals surface area (Å²) in [6, 6.07) is 19.3. The molecule has 3 aromatic rings. The fourth-order valence-electron chi connectivity index (χ4n) is 2.96. The number of hydrogen-bond acceptors (Lipinski definition) is 4. The second kappa shape index (κ2) is 7.44. The number of fused-ring (bicyclic) bond motifs is 2. The molecule has 4 rings (SSSR count). The Labute approximate surface area is 162 Å². The quantitative estimate of drug-likeness (QED) is 0.727. The molecule has 140 valence electrons. The Morgan fingerprint density at radius 3 is 2.61 bits per heavy atom. The van der Waals surface area contributed by atoms with Crippen LogP contribution in [0.5, 0.6) is 17.2 Å². The Hall–Kier alpha value is -3.80. The molecular weight excluding hydrogens is 356 g/mol. The smallest absolute Gasteiger partial charge is 0.255 e. The number of carbonyl (C=O) groups excluding carboxylic acids is 2. The summed E-state index contributed by atoms with van der Waals surface area (Å²) < 4.78 is 11.0. The molecule has 1 aliphatic heterocycles. The molecule has 1 heterocycles. The summed E-state index contributed by atoms with van der Waals surface area (Å²) in [6.07, 6.45) is 0. The van der Waals surface area contributed by atoms with Gasteiger partial charge in [-0.05, 0) is 48.5 Å². The standard InChI is InChI=1S/C22H18N2O4/c1-27-17-9-6-14(7-10-17)21(25)24-16-8-11-20-18(12-16)22(26)23-13-15-4-2-3-5-19(15)28-20/h2-12H,13H2,1H3,(H,23,26)(H,24,25).